The number of tetrazole rings is 1. The third-order valence-electron chi connectivity index (χ3n) is 4.34. The van der Waals surface area contributed by atoms with E-state index in [0.29, 0.717) is 17.9 Å². The summed E-state index contributed by atoms with van der Waals surface area (Å²) in [6.45, 7) is 4.07. The van der Waals surface area contributed by atoms with Gasteiger partial charge in [-0.15, -0.1) is 5.10 Å². The van der Waals surface area contributed by atoms with Crippen LogP contribution in [0.5, 0.6) is 0 Å². The minimum atomic E-state index is -0.227. The maximum atomic E-state index is 12.4. The van der Waals surface area contributed by atoms with Gasteiger partial charge in [-0.1, -0.05) is 18.2 Å². The zero-order chi connectivity index (χ0) is 18.5. The number of aromatic nitrogens is 4. The summed E-state index contributed by atoms with van der Waals surface area (Å²) >= 11 is 0. The van der Waals surface area contributed by atoms with Gasteiger partial charge in [0.25, 0.3) is 5.91 Å². The Labute approximate surface area is 155 Å². The Bertz CT molecular complexity index is 885. The van der Waals surface area contributed by atoms with E-state index < -0.39 is 0 Å². The molecule has 0 aliphatic carbocycles. The van der Waals surface area contributed by atoms with Crippen LogP contribution in [0.4, 0.5) is 0 Å². The van der Waals surface area contributed by atoms with E-state index in [1.807, 2.05) is 30.3 Å². The lowest BCUT2D eigenvalue weighted by atomic mass is 10.2. The van der Waals surface area contributed by atoms with Crippen molar-refractivity contribution < 1.29 is 13.9 Å². The Morgan fingerprint density at radius 2 is 2.00 bits per heavy atom. The van der Waals surface area contributed by atoms with Crippen LogP contribution in [0.1, 0.15) is 21.9 Å². The normalized spacial score (nSPS) is 15.0. The molecule has 3 heterocycles. The molecule has 1 N–H and O–H groups in total. The molecule has 1 amide bonds. The van der Waals surface area contributed by atoms with Gasteiger partial charge in [0.05, 0.1) is 37.6 Å². The average molecular weight is 368 g/mol. The number of hydrogen-bond acceptors (Lipinski definition) is 7. The molecular formula is C18H20N6O3. The van der Waals surface area contributed by atoms with Gasteiger partial charge in [0, 0.05) is 13.1 Å². The first-order valence-corrected chi connectivity index (χ1v) is 8.78. The number of para-hydroxylation sites is 1. The van der Waals surface area contributed by atoms with Crippen molar-refractivity contribution in [1.29, 1.82) is 0 Å². The van der Waals surface area contributed by atoms with Gasteiger partial charge in [-0.2, -0.15) is 4.68 Å². The van der Waals surface area contributed by atoms with E-state index in [0.717, 1.165) is 37.8 Å². The van der Waals surface area contributed by atoms with Gasteiger partial charge >= 0.3 is 0 Å². The number of carbonyl (C=O) groups is 1. The van der Waals surface area contributed by atoms with Crippen LogP contribution in [-0.4, -0.2) is 57.3 Å². The molecule has 27 heavy (non-hydrogen) atoms. The van der Waals surface area contributed by atoms with Gasteiger partial charge in [-0.3, -0.25) is 9.69 Å². The van der Waals surface area contributed by atoms with Crippen LogP contribution in [0.2, 0.25) is 0 Å². The zero-order valence-corrected chi connectivity index (χ0v) is 14.7. The number of rotatable bonds is 6. The number of furan rings is 1. The Morgan fingerprint density at radius 3 is 2.81 bits per heavy atom. The first kappa shape index (κ1) is 17.4. The monoisotopic (exact) mass is 368 g/mol. The van der Waals surface area contributed by atoms with E-state index in [2.05, 4.69) is 25.7 Å². The molecular weight excluding hydrogens is 348 g/mol. The lowest BCUT2D eigenvalue weighted by Crippen LogP contribution is -2.35. The summed E-state index contributed by atoms with van der Waals surface area (Å²) in [4.78, 5) is 14.6. The third-order valence-corrected chi connectivity index (χ3v) is 4.34. The number of nitrogens with zero attached hydrogens (tertiary/aromatic N) is 5. The van der Waals surface area contributed by atoms with E-state index in [1.54, 1.807) is 10.7 Å². The molecule has 0 bridgehead atoms. The molecule has 0 saturated carbocycles. The lowest BCUT2D eigenvalue weighted by molar-refractivity contribution is 0.0313. The average Bonchev–Trinajstić information content (AvgIpc) is 3.37. The van der Waals surface area contributed by atoms with Crippen molar-refractivity contribution in [1.82, 2.24) is 30.4 Å². The predicted molar refractivity (Wildman–Crippen MR) is 95.1 cm³/mol. The number of carbonyl (C=O) groups excluding carboxylic acids is 1. The van der Waals surface area contributed by atoms with Gasteiger partial charge in [0.2, 0.25) is 0 Å². The molecule has 1 fully saturated rings. The molecule has 0 spiro atoms. The summed E-state index contributed by atoms with van der Waals surface area (Å²) in [5.41, 5.74) is 1.32. The number of morpholine rings is 1. The van der Waals surface area contributed by atoms with Crippen LogP contribution in [0.25, 0.3) is 5.69 Å². The predicted octanol–water partition coefficient (Wildman–Crippen LogP) is 1.02. The van der Waals surface area contributed by atoms with E-state index in [4.69, 9.17) is 9.15 Å². The largest absolute Gasteiger partial charge is 0.467 e. The summed E-state index contributed by atoms with van der Waals surface area (Å²) in [7, 11) is 0. The highest BCUT2D eigenvalue weighted by Gasteiger charge is 2.16. The molecule has 3 aromatic rings. The van der Waals surface area contributed by atoms with Crippen LogP contribution in [-0.2, 0) is 17.8 Å². The first-order chi connectivity index (χ1) is 13.3. The minimum absolute atomic E-state index is 0.213. The van der Waals surface area contributed by atoms with Crippen LogP contribution in [0.3, 0.4) is 0 Å². The fraction of sp³-hybridized carbons (Fsp3) is 0.333. The van der Waals surface area contributed by atoms with Gasteiger partial charge in [0.1, 0.15) is 12.0 Å². The molecule has 1 aromatic carbocycles. The second-order valence-electron chi connectivity index (χ2n) is 6.22. The zero-order valence-electron chi connectivity index (χ0n) is 14.7. The van der Waals surface area contributed by atoms with Crippen LogP contribution < -0.4 is 5.32 Å². The van der Waals surface area contributed by atoms with E-state index in [9.17, 15) is 4.79 Å². The molecule has 1 aliphatic rings. The molecule has 2 aromatic heterocycles. The van der Waals surface area contributed by atoms with E-state index >= 15 is 0 Å². The molecule has 4 rings (SSSR count). The topological polar surface area (TPSA) is 98.3 Å². The molecule has 0 unspecified atom stereocenters. The van der Waals surface area contributed by atoms with Gasteiger partial charge in [0.15, 0.2) is 5.82 Å². The van der Waals surface area contributed by atoms with Crippen LogP contribution in [0, 0.1) is 0 Å². The van der Waals surface area contributed by atoms with Gasteiger partial charge in [-0.05, 0) is 28.6 Å². The maximum Gasteiger partial charge on any atom is 0.254 e. The number of benzene rings is 1. The fourth-order valence-electron chi connectivity index (χ4n) is 2.91. The maximum absolute atomic E-state index is 12.4. The quantitative estimate of drug-likeness (QED) is 0.693. The summed E-state index contributed by atoms with van der Waals surface area (Å²) in [5, 5.41) is 14.5. The summed E-state index contributed by atoms with van der Waals surface area (Å²) in [6.07, 6.45) is 1.48. The molecule has 140 valence electrons. The van der Waals surface area contributed by atoms with E-state index in [1.165, 1.54) is 6.26 Å². The molecule has 1 saturated heterocycles. The molecule has 9 nitrogen and oxygen atoms in total. The van der Waals surface area contributed by atoms with Crippen molar-refractivity contribution in [2.24, 2.45) is 0 Å². The van der Waals surface area contributed by atoms with Gasteiger partial charge < -0.3 is 14.5 Å². The highest BCUT2D eigenvalue weighted by molar-refractivity contribution is 5.93. The second-order valence-corrected chi connectivity index (χ2v) is 6.22. The molecule has 9 heteroatoms. The molecule has 0 radical (unpaired) electrons. The summed E-state index contributed by atoms with van der Waals surface area (Å²) in [5.74, 6) is 1.08. The highest BCUT2D eigenvalue weighted by atomic mass is 16.5. The van der Waals surface area contributed by atoms with Crippen molar-refractivity contribution in [3.63, 3.8) is 0 Å². The number of amides is 1. The number of ether oxygens (including phenoxy) is 1. The van der Waals surface area contributed by atoms with Crippen molar-refractivity contribution in [3.05, 3.63) is 59.8 Å². The Morgan fingerprint density at radius 1 is 1.19 bits per heavy atom. The van der Waals surface area contributed by atoms with Gasteiger partial charge in [-0.25, -0.2) is 0 Å². The summed E-state index contributed by atoms with van der Waals surface area (Å²) in [6, 6.07) is 11.3. The fourth-order valence-corrected chi connectivity index (χ4v) is 2.91. The number of nitrogens with one attached hydrogen (secondary N) is 1. The van der Waals surface area contributed by atoms with Crippen LogP contribution in [0.15, 0.2) is 47.1 Å². The van der Waals surface area contributed by atoms with Crippen LogP contribution >= 0.6 is 0 Å². The number of hydrogen-bond donors (Lipinski definition) is 1. The van der Waals surface area contributed by atoms with E-state index in [-0.39, 0.29) is 12.5 Å². The molecule has 0 atom stereocenters. The van der Waals surface area contributed by atoms with Crippen molar-refractivity contribution >= 4 is 5.91 Å². The molecule has 1 aliphatic heterocycles. The Balaban J connectivity index is 1.36. The highest BCUT2D eigenvalue weighted by Crippen LogP contribution is 2.12. The smallest absolute Gasteiger partial charge is 0.254 e. The van der Waals surface area contributed by atoms with Crippen molar-refractivity contribution in [2.45, 2.75) is 13.1 Å². The minimum Gasteiger partial charge on any atom is -0.467 e. The lowest BCUT2D eigenvalue weighted by Gasteiger charge is -2.25. The standard InChI is InChI=1S/C18H20N6O3/c25-18(14-10-16(27-13-14)12-23-6-8-26-9-7-23)19-11-17-20-21-22-24(17)15-4-2-1-3-5-15/h1-5,10,13H,6-9,11-12H2,(H,19,25). The van der Waals surface area contributed by atoms with Crippen molar-refractivity contribution in [2.75, 3.05) is 26.3 Å². The summed E-state index contributed by atoms with van der Waals surface area (Å²) < 4.78 is 12.5. The first-order valence-electron chi connectivity index (χ1n) is 8.78. The SMILES string of the molecule is O=C(NCc1nnnn1-c1ccccc1)c1coc(CN2CCOCC2)c1. The third kappa shape index (κ3) is 4.21. The Hall–Kier alpha value is -3.04. The Kier molecular flexibility index (Phi) is 5.22. The van der Waals surface area contributed by atoms with Crippen molar-refractivity contribution in [3.8, 4) is 5.69 Å². The second kappa shape index (κ2) is 8.11.